The lowest BCUT2D eigenvalue weighted by atomic mass is 9.93. The maximum atomic E-state index is 4.26. The fourth-order valence-electron chi connectivity index (χ4n) is 1.21. The van der Waals surface area contributed by atoms with Gasteiger partial charge in [0.05, 0.1) is 16.7 Å². The highest BCUT2D eigenvalue weighted by Crippen LogP contribution is 2.35. The second kappa shape index (κ2) is 2.90. The Hall–Kier alpha value is 0.170. The number of nitrogens with zero attached hydrogens (tertiary/aromatic N) is 2. The molecule has 0 aliphatic heterocycles. The van der Waals surface area contributed by atoms with Gasteiger partial charge < -0.3 is 0 Å². The van der Waals surface area contributed by atoms with Crippen LogP contribution in [0.25, 0.3) is 0 Å². The Morgan fingerprint density at radius 3 is 2.55 bits per heavy atom. The number of aromatic nitrogens is 2. The minimum Gasteiger partial charge on any atom is -0.254 e. The summed E-state index contributed by atoms with van der Waals surface area (Å²) in [6.07, 6.45) is 5.72. The van der Waals surface area contributed by atoms with E-state index in [9.17, 15) is 0 Å². The Kier molecular flexibility index (Phi) is 2.06. The lowest BCUT2D eigenvalue weighted by Gasteiger charge is -2.26. The highest BCUT2D eigenvalue weighted by atomic mass is 79.9. The van der Waals surface area contributed by atoms with Crippen LogP contribution in [-0.4, -0.2) is 9.78 Å². The van der Waals surface area contributed by atoms with Gasteiger partial charge in [-0.05, 0) is 51.1 Å². The Morgan fingerprint density at radius 2 is 2.18 bits per heavy atom. The molecule has 1 aromatic heterocycles. The van der Waals surface area contributed by atoms with E-state index >= 15 is 0 Å². The van der Waals surface area contributed by atoms with Crippen molar-refractivity contribution in [2.75, 3.05) is 0 Å². The monoisotopic (exact) mass is 278 g/mol. The van der Waals surface area contributed by atoms with Crippen LogP contribution in [0.15, 0.2) is 15.3 Å². The first-order valence-electron chi connectivity index (χ1n) is 3.67. The topological polar surface area (TPSA) is 17.8 Å². The average molecular weight is 280 g/mol. The van der Waals surface area contributed by atoms with Gasteiger partial charge in [0.2, 0.25) is 0 Å². The molecule has 0 saturated heterocycles. The SMILES string of the molecule is Brc1cnn(C2CCC2)c1Br. The molecule has 0 N–H and O–H groups in total. The molecule has 60 valence electrons. The summed E-state index contributed by atoms with van der Waals surface area (Å²) in [5.74, 6) is 0. The Balaban J connectivity index is 2.29. The van der Waals surface area contributed by atoms with Gasteiger partial charge in [-0.1, -0.05) is 0 Å². The van der Waals surface area contributed by atoms with Gasteiger partial charge in [-0.25, -0.2) is 0 Å². The zero-order chi connectivity index (χ0) is 7.84. The summed E-state index contributed by atoms with van der Waals surface area (Å²) in [7, 11) is 0. The predicted octanol–water partition coefficient (Wildman–Crippen LogP) is 3.13. The van der Waals surface area contributed by atoms with Crippen molar-refractivity contribution in [3.8, 4) is 0 Å². The largest absolute Gasteiger partial charge is 0.254 e. The van der Waals surface area contributed by atoms with Gasteiger partial charge in [-0.3, -0.25) is 4.68 Å². The summed E-state index contributed by atoms with van der Waals surface area (Å²) in [5, 5.41) is 4.26. The van der Waals surface area contributed by atoms with Gasteiger partial charge in [0.25, 0.3) is 0 Å². The average Bonchev–Trinajstić information content (AvgIpc) is 2.15. The molecule has 1 fully saturated rings. The third-order valence-electron chi connectivity index (χ3n) is 2.11. The van der Waals surface area contributed by atoms with E-state index in [-0.39, 0.29) is 0 Å². The standard InChI is InChI=1S/C7H8Br2N2/c8-6-4-10-11(7(6)9)5-2-1-3-5/h4-5H,1-3H2. The van der Waals surface area contributed by atoms with Crippen LogP contribution in [-0.2, 0) is 0 Å². The fraction of sp³-hybridized carbons (Fsp3) is 0.571. The highest BCUT2D eigenvalue weighted by molar-refractivity contribution is 9.13. The molecule has 1 aliphatic rings. The predicted molar refractivity (Wildman–Crippen MR) is 50.5 cm³/mol. The van der Waals surface area contributed by atoms with Crippen molar-refractivity contribution in [3.05, 3.63) is 15.3 Å². The van der Waals surface area contributed by atoms with Crippen molar-refractivity contribution in [2.45, 2.75) is 25.3 Å². The van der Waals surface area contributed by atoms with E-state index in [1.165, 1.54) is 19.3 Å². The minimum atomic E-state index is 0.635. The van der Waals surface area contributed by atoms with Crippen molar-refractivity contribution >= 4 is 31.9 Å². The van der Waals surface area contributed by atoms with Crippen LogP contribution in [0.4, 0.5) is 0 Å². The van der Waals surface area contributed by atoms with Crippen LogP contribution in [0.2, 0.25) is 0 Å². The third-order valence-corrected chi connectivity index (χ3v) is 4.02. The first kappa shape index (κ1) is 7.80. The highest BCUT2D eigenvalue weighted by Gasteiger charge is 2.22. The summed E-state index contributed by atoms with van der Waals surface area (Å²) < 4.78 is 4.17. The van der Waals surface area contributed by atoms with Gasteiger partial charge in [-0.15, -0.1) is 0 Å². The number of rotatable bonds is 1. The lowest BCUT2D eigenvalue weighted by Crippen LogP contribution is -2.18. The molecular weight excluding hydrogens is 272 g/mol. The number of halogens is 2. The Labute approximate surface area is 82.2 Å². The summed E-state index contributed by atoms with van der Waals surface area (Å²) >= 11 is 6.89. The zero-order valence-corrected chi connectivity index (χ0v) is 9.10. The molecule has 2 rings (SSSR count). The van der Waals surface area contributed by atoms with Crippen molar-refractivity contribution in [2.24, 2.45) is 0 Å². The molecule has 0 unspecified atom stereocenters. The number of hydrogen-bond donors (Lipinski definition) is 0. The molecule has 2 nitrogen and oxygen atoms in total. The van der Waals surface area contributed by atoms with E-state index in [4.69, 9.17) is 0 Å². The van der Waals surface area contributed by atoms with Gasteiger partial charge in [-0.2, -0.15) is 5.10 Å². The molecule has 1 saturated carbocycles. The van der Waals surface area contributed by atoms with Crippen molar-refractivity contribution < 1.29 is 0 Å². The molecule has 11 heavy (non-hydrogen) atoms. The first-order valence-corrected chi connectivity index (χ1v) is 5.26. The summed E-state index contributed by atoms with van der Waals surface area (Å²) in [6.45, 7) is 0. The second-order valence-electron chi connectivity index (χ2n) is 2.81. The van der Waals surface area contributed by atoms with Gasteiger partial charge >= 0.3 is 0 Å². The van der Waals surface area contributed by atoms with E-state index in [0.717, 1.165) is 9.08 Å². The van der Waals surface area contributed by atoms with Crippen LogP contribution >= 0.6 is 31.9 Å². The zero-order valence-electron chi connectivity index (χ0n) is 5.93. The normalized spacial score (nSPS) is 18.4. The molecule has 0 aromatic carbocycles. The molecule has 0 radical (unpaired) electrons. The molecule has 4 heteroatoms. The van der Waals surface area contributed by atoms with Crippen LogP contribution < -0.4 is 0 Å². The van der Waals surface area contributed by atoms with E-state index in [1.54, 1.807) is 0 Å². The smallest absolute Gasteiger partial charge is 0.118 e. The van der Waals surface area contributed by atoms with E-state index in [1.807, 2.05) is 10.9 Å². The maximum absolute atomic E-state index is 4.26. The quantitative estimate of drug-likeness (QED) is 0.772. The van der Waals surface area contributed by atoms with Crippen molar-refractivity contribution in [1.29, 1.82) is 0 Å². The molecule has 1 aromatic rings. The lowest BCUT2D eigenvalue weighted by molar-refractivity contribution is 0.285. The van der Waals surface area contributed by atoms with E-state index in [2.05, 4.69) is 37.0 Å². The van der Waals surface area contributed by atoms with Gasteiger partial charge in [0.15, 0.2) is 0 Å². The van der Waals surface area contributed by atoms with Gasteiger partial charge in [0.1, 0.15) is 4.60 Å². The van der Waals surface area contributed by atoms with Crippen molar-refractivity contribution in [3.63, 3.8) is 0 Å². The van der Waals surface area contributed by atoms with Crippen LogP contribution in [0.1, 0.15) is 25.3 Å². The van der Waals surface area contributed by atoms with E-state index < -0.39 is 0 Å². The van der Waals surface area contributed by atoms with Crippen LogP contribution in [0.5, 0.6) is 0 Å². The summed E-state index contributed by atoms with van der Waals surface area (Å²) in [4.78, 5) is 0. The van der Waals surface area contributed by atoms with Gasteiger partial charge in [0, 0.05) is 0 Å². The molecular formula is C7H8Br2N2. The molecule has 0 spiro atoms. The summed E-state index contributed by atoms with van der Waals surface area (Å²) in [6, 6.07) is 0.635. The fourth-order valence-corrected chi connectivity index (χ4v) is 1.97. The third kappa shape index (κ3) is 1.26. The van der Waals surface area contributed by atoms with E-state index in [0.29, 0.717) is 6.04 Å². The molecule has 1 heterocycles. The molecule has 1 aliphatic carbocycles. The molecule has 0 bridgehead atoms. The molecule has 0 atom stereocenters. The molecule has 0 amide bonds. The van der Waals surface area contributed by atoms with Crippen molar-refractivity contribution in [1.82, 2.24) is 9.78 Å². The van der Waals surface area contributed by atoms with Crippen LogP contribution in [0.3, 0.4) is 0 Å². The number of hydrogen-bond acceptors (Lipinski definition) is 1. The Bertz CT molecular complexity index is 265. The maximum Gasteiger partial charge on any atom is 0.118 e. The Morgan fingerprint density at radius 1 is 1.45 bits per heavy atom. The van der Waals surface area contributed by atoms with Crippen LogP contribution in [0, 0.1) is 0 Å². The summed E-state index contributed by atoms with van der Waals surface area (Å²) in [5.41, 5.74) is 0. The second-order valence-corrected chi connectivity index (χ2v) is 4.42. The minimum absolute atomic E-state index is 0.635. The first-order chi connectivity index (χ1) is 5.29.